The van der Waals surface area contributed by atoms with Gasteiger partial charge in [-0.05, 0) is 49.1 Å². The Morgan fingerprint density at radius 2 is 1.85 bits per heavy atom. The molecule has 0 aliphatic heterocycles. The van der Waals surface area contributed by atoms with E-state index in [-0.39, 0.29) is 0 Å². The second-order valence-electron chi connectivity index (χ2n) is 5.47. The third kappa shape index (κ3) is 3.71. The summed E-state index contributed by atoms with van der Waals surface area (Å²) in [5.74, 6) is 0. The highest BCUT2D eigenvalue weighted by Gasteiger charge is 2.11. The Kier molecular flexibility index (Phi) is 5.37. The first-order valence-electron chi connectivity index (χ1n) is 7.55. The lowest BCUT2D eigenvalue weighted by Crippen LogP contribution is -2.19. The molecule has 0 saturated carbocycles. The van der Waals surface area contributed by atoms with Gasteiger partial charge in [-0.25, -0.2) is 0 Å². The number of hydrogen-bond acceptors (Lipinski definition) is 1. The fraction of sp³-hybridized carbons (Fsp3) is 0.368. The molecule has 1 heteroatoms. The van der Waals surface area contributed by atoms with Crippen molar-refractivity contribution >= 4 is 0 Å². The number of aryl methyl sites for hydroxylation is 2. The predicted molar refractivity (Wildman–Crippen MR) is 87.1 cm³/mol. The molecule has 0 saturated heterocycles. The standard InChI is InChI=1S/C19H25N/c1-4-8-16-10-7-12-18(13-16)19(20-3)14-17-11-6-5-9-15(17)2/h5-7,9-13,19-20H,4,8,14H2,1-3H3. The molecule has 2 aromatic carbocycles. The molecule has 0 spiro atoms. The van der Waals surface area contributed by atoms with E-state index < -0.39 is 0 Å². The Labute approximate surface area is 123 Å². The van der Waals surface area contributed by atoms with Gasteiger partial charge >= 0.3 is 0 Å². The summed E-state index contributed by atoms with van der Waals surface area (Å²) in [6.07, 6.45) is 3.40. The van der Waals surface area contributed by atoms with E-state index in [0.29, 0.717) is 6.04 Å². The van der Waals surface area contributed by atoms with Crippen LogP contribution in [0.15, 0.2) is 48.5 Å². The summed E-state index contributed by atoms with van der Waals surface area (Å²) in [5, 5.41) is 3.46. The van der Waals surface area contributed by atoms with Gasteiger partial charge in [-0.2, -0.15) is 0 Å². The van der Waals surface area contributed by atoms with Crippen LogP contribution in [0.4, 0.5) is 0 Å². The average molecular weight is 267 g/mol. The second kappa shape index (κ2) is 7.25. The fourth-order valence-electron chi connectivity index (χ4n) is 2.70. The number of likely N-dealkylation sites (N-methyl/N-ethyl adjacent to an activating group) is 1. The molecule has 0 amide bonds. The van der Waals surface area contributed by atoms with Crippen molar-refractivity contribution in [1.82, 2.24) is 5.32 Å². The molecule has 0 aromatic heterocycles. The van der Waals surface area contributed by atoms with Crippen LogP contribution < -0.4 is 5.32 Å². The fourth-order valence-corrected chi connectivity index (χ4v) is 2.70. The van der Waals surface area contributed by atoms with Crippen molar-refractivity contribution in [1.29, 1.82) is 0 Å². The van der Waals surface area contributed by atoms with Crippen LogP contribution in [-0.2, 0) is 12.8 Å². The van der Waals surface area contributed by atoms with Crippen LogP contribution in [0.3, 0.4) is 0 Å². The summed E-state index contributed by atoms with van der Waals surface area (Å²) >= 11 is 0. The van der Waals surface area contributed by atoms with E-state index in [4.69, 9.17) is 0 Å². The summed E-state index contributed by atoms with van der Waals surface area (Å²) < 4.78 is 0. The number of nitrogens with one attached hydrogen (secondary N) is 1. The Bertz CT molecular complexity index is 545. The summed E-state index contributed by atoms with van der Waals surface area (Å²) in [6, 6.07) is 18.0. The molecule has 2 aromatic rings. The molecular weight excluding hydrogens is 242 g/mol. The van der Waals surface area contributed by atoms with Crippen LogP contribution in [0.25, 0.3) is 0 Å². The lowest BCUT2D eigenvalue weighted by molar-refractivity contribution is 0.590. The van der Waals surface area contributed by atoms with E-state index >= 15 is 0 Å². The molecule has 106 valence electrons. The van der Waals surface area contributed by atoms with Gasteiger partial charge in [-0.1, -0.05) is 61.9 Å². The van der Waals surface area contributed by atoms with Crippen molar-refractivity contribution in [3.8, 4) is 0 Å². The van der Waals surface area contributed by atoms with Crippen molar-refractivity contribution in [3.05, 3.63) is 70.8 Å². The molecule has 0 aliphatic carbocycles. The Balaban J connectivity index is 2.20. The van der Waals surface area contributed by atoms with Crippen LogP contribution in [0.2, 0.25) is 0 Å². The highest BCUT2D eigenvalue weighted by molar-refractivity contribution is 5.31. The Morgan fingerprint density at radius 1 is 1.05 bits per heavy atom. The van der Waals surface area contributed by atoms with Crippen LogP contribution >= 0.6 is 0 Å². The Morgan fingerprint density at radius 3 is 2.55 bits per heavy atom. The minimum atomic E-state index is 0.382. The van der Waals surface area contributed by atoms with Gasteiger partial charge < -0.3 is 5.32 Å². The first-order valence-corrected chi connectivity index (χ1v) is 7.55. The lowest BCUT2D eigenvalue weighted by Gasteiger charge is -2.19. The van der Waals surface area contributed by atoms with Gasteiger partial charge in [0.25, 0.3) is 0 Å². The zero-order valence-corrected chi connectivity index (χ0v) is 12.8. The first-order chi connectivity index (χ1) is 9.74. The third-order valence-electron chi connectivity index (χ3n) is 3.93. The van der Waals surface area contributed by atoms with Crippen molar-refractivity contribution in [3.63, 3.8) is 0 Å². The van der Waals surface area contributed by atoms with Crippen molar-refractivity contribution < 1.29 is 0 Å². The molecular formula is C19H25N. The molecule has 0 aliphatic rings. The van der Waals surface area contributed by atoms with E-state index in [1.807, 2.05) is 0 Å². The highest BCUT2D eigenvalue weighted by Crippen LogP contribution is 2.21. The molecule has 1 nitrogen and oxygen atoms in total. The van der Waals surface area contributed by atoms with E-state index in [9.17, 15) is 0 Å². The molecule has 0 radical (unpaired) electrons. The van der Waals surface area contributed by atoms with Gasteiger partial charge in [0, 0.05) is 6.04 Å². The van der Waals surface area contributed by atoms with E-state index in [0.717, 1.165) is 12.8 Å². The van der Waals surface area contributed by atoms with Gasteiger partial charge in [0.1, 0.15) is 0 Å². The van der Waals surface area contributed by atoms with Crippen molar-refractivity contribution in [2.75, 3.05) is 7.05 Å². The zero-order chi connectivity index (χ0) is 14.4. The molecule has 0 bridgehead atoms. The largest absolute Gasteiger partial charge is 0.313 e. The predicted octanol–water partition coefficient (Wildman–Crippen LogP) is 4.45. The van der Waals surface area contributed by atoms with Gasteiger partial charge in [0.2, 0.25) is 0 Å². The van der Waals surface area contributed by atoms with Crippen molar-refractivity contribution in [2.45, 2.75) is 39.2 Å². The quantitative estimate of drug-likeness (QED) is 0.815. The SMILES string of the molecule is CCCc1cccc(C(Cc2ccccc2C)NC)c1. The smallest absolute Gasteiger partial charge is 0.0358 e. The maximum Gasteiger partial charge on any atom is 0.0358 e. The highest BCUT2D eigenvalue weighted by atomic mass is 14.9. The monoisotopic (exact) mass is 267 g/mol. The second-order valence-corrected chi connectivity index (χ2v) is 5.47. The molecule has 1 N–H and O–H groups in total. The third-order valence-corrected chi connectivity index (χ3v) is 3.93. The zero-order valence-electron chi connectivity index (χ0n) is 12.8. The number of rotatable bonds is 6. The lowest BCUT2D eigenvalue weighted by atomic mass is 9.94. The van der Waals surface area contributed by atoms with Gasteiger partial charge in [-0.15, -0.1) is 0 Å². The molecule has 1 unspecified atom stereocenters. The van der Waals surface area contributed by atoms with Gasteiger partial charge in [0.15, 0.2) is 0 Å². The minimum Gasteiger partial charge on any atom is -0.313 e. The first kappa shape index (κ1) is 14.8. The maximum atomic E-state index is 3.46. The molecule has 20 heavy (non-hydrogen) atoms. The molecule has 0 heterocycles. The molecule has 0 fully saturated rings. The normalized spacial score (nSPS) is 12.3. The number of hydrogen-bond donors (Lipinski definition) is 1. The van der Waals surface area contributed by atoms with Gasteiger partial charge in [-0.3, -0.25) is 0 Å². The van der Waals surface area contributed by atoms with Crippen LogP contribution in [0, 0.1) is 6.92 Å². The average Bonchev–Trinajstić information content (AvgIpc) is 2.47. The van der Waals surface area contributed by atoms with E-state index in [2.05, 4.69) is 74.7 Å². The molecule has 2 rings (SSSR count). The minimum absolute atomic E-state index is 0.382. The van der Waals surface area contributed by atoms with E-state index in [1.165, 1.54) is 28.7 Å². The van der Waals surface area contributed by atoms with Crippen LogP contribution in [-0.4, -0.2) is 7.05 Å². The summed E-state index contributed by atoms with van der Waals surface area (Å²) in [6.45, 7) is 4.42. The Hall–Kier alpha value is -1.60. The maximum absolute atomic E-state index is 3.46. The summed E-state index contributed by atoms with van der Waals surface area (Å²) in [7, 11) is 2.05. The van der Waals surface area contributed by atoms with E-state index in [1.54, 1.807) is 0 Å². The van der Waals surface area contributed by atoms with Crippen molar-refractivity contribution in [2.24, 2.45) is 0 Å². The molecule has 1 atom stereocenters. The van der Waals surface area contributed by atoms with Gasteiger partial charge in [0.05, 0.1) is 0 Å². The van der Waals surface area contributed by atoms with Crippen LogP contribution in [0.1, 0.15) is 41.6 Å². The number of benzene rings is 2. The topological polar surface area (TPSA) is 12.0 Å². The summed E-state index contributed by atoms with van der Waals surface area (Å²) in [5.41, 5.74) is 5.63. The van der Waals surface area contributed by atoms with Crippen LogP contribution in [0.5, 0.6) is 0 Å². The summed E-state index contributed by atoms with van der Waals surface area (Å²) in [4.78, 5) is 0.